The van der Waals surface area contributed by atoms with Crippen molar-refractivity contribution in [3.05, 3.63) is 46.2 Å². The smallest absolute Gasteiger partial charge is 0.124 e. The number of hydrogen-bond donors (Lipinski definition) is 1. The first-order chi connectivity index (χ1) is 8.60. The van der Waals surface area contributed by atoms with Gasteiger partial charge in [-0.15, -0.1) is 0 Å². The Bertz CT molecular complexity index is 540. The van der Waals surface area contributed by atoms with Gasteiger partial charge in [0.2, 0.25) is 0 Å². The topological polar surface area (TPSA) is 47.3 Å². The Morgan fingerprint density at radius 3 is 2.89 bits per heavy atom. The zero-order chi connectivity index (χ0) is 13.1. The second-order valence-corrected chi connectivity index (χ2v) is 5.04. The van der Waals surface area contributed by atoms with Gasteiger partial charge in [-0.1, -0.05) is 15.9 Å². The fourth-order valence-electron chi connectivity index (χ4n) is 1.88. The third-order valence-electron chi connectivity index (χ3n) is 2.74. The van der Waals surface area contributed by atoms with E-state index in [-0.39, 0.29) is 0 Å². The van der Waals surface area contributed by atoms with Crippen LogP contribution in [0.5, 0.6) is 5.75 Å². The Morgan fingerprint density at radius 1 is 1.50 bits per heavy atom. The highest BCUT2D eigenvalue weighted by molar-refractivity contribution is 9.10. The molecule has 2 rings (SSSR count). The summed E-state index contributed by atoms with van der Waals surface area (Å²) in [4.78, 5) is 0. The van der Waals surface area contributed by atoms with E-state index in [0.29, 0.717) is 12.2 Å². The number of nitrogens with zero attached hydrogens (tertiary/aromatic N) is 2. The number of methoxy groups -OCH3 is 1. The highest BCUT2D eigenvalue weighted by atomic mass is 79.9. The van der Waals surface area contributed by atoms with Crippen LogP contribution in [-0.2, 0) is 13.5 Å². The van der Waals surface area contributed by atoms with Crippen molar-refractivity contribution in [2.45, 2.75) is 12.5 Å². The van der Waals surface area contributed by atoms with Crippen LogP contribution >= 0.6 is 15.9 Å². The van der Waals surface area contributed by atoms with Gasteiger partial charge in [0.15, 0.2) is 0 Å². The lowest BCUT2D eigenvalue weighted by molar-refractivity contribution is 0.174. The van der Waals surface area contributed by atoms with E-state index in [1.807, 2.05) is 31.4 Å². The zero-order valence-electron chi connectivity index (χ0n) is 10.3. The van der Waals surface area contributed by atoms with E-state index in [0.717, 1.165) is 15.6 Å². The first-order valence-electron chi connectivity index (χ1n) is 5.59. The van der Waals surface area contributed by atoms with Crippen LogP contribution in [0.25, 0.3) is 0 Å². The van der Waals surface area contributed by atoms with Crippen LogP contribution in [0.1, 0.15) is 17.2 Å². The summed E-state index contributed by atoms with van der Waals surface area (Å²) in [5.41, 5.74) is 1.77. The van der Waals surface area contributed by atoms with Crippen LogP contribution in [0.15, 0.2) is 35.1 Å². The molecule has 1 atom stereocenters. The van der Waals surface area contributed by atoms with Crippen molar-refractivity contribution >= 4 is 15.9 Å². The van der Waals surface area contributed by atoms with E-state index in [4.69, 9.17) is 4.74 Å². The minimum Gasteiger partial charge on any atom is -0.496 e. The second kappa shape index (κ2) is 5.54. The average molecular weight is 311 g/mol. The van der Waals surface area contributed by atoms with Crippen molar-refractivity contribution in [2.75, 3.05) is 7.11 Å². The summed E-state index contributed by atoms with van der Waals surface area (Å²) in [6.45, 7) is 0. The van der Waals surface area contributed by atoms with Crippen molar-refractivity contribution in [3.8, 4) is 5.75 Å². The molecule has 5 heteroatoms. The number of aliphatic hydroxyl groups is 1. The monoisotopic (exact) mass is 310 g/mol. The maximum Gasteiger partial charge on any atom is 0.124 e. The van der Waals surface area contributed by atoms with Crippen LogP contribution in [0, 0.1) is 0 Å². The third-order valence-corrected chi connectivity index (χ3v) is 3.23. The predicted molar refractivity (Wildman–Crippen MR) is 72.6 cm³/mol. The molecule has 0 bridgehead atoms. The zero-order valence-corrected chi connectivity index (χ0v) is 11.9. The number of benzene rings is 1. The van der Waals surface area contributed by atoms with Crippen molar-refractivity contribution in [2.24, 2.45) is 7.05 Å². The van der Waals surface area contributed by atoms with Gasteiger partial charge in [-0.2, -0.15) is 5.10 Å². The molecule has 0 spiro atoms. The Labute approximate surface area is 114 Å². The molecular weight excluding hydrogens is 296 g/mol. The van der Waals surface area contributed by atoms with Crippen molar-refractivity contribution < 1.29 is 9.84 Å². The van der Waals surface area contributed by atoms with Gasteiger partial charge in [0.25, 0.3) is 0 Å². The molecule has 0 saturated carbocycles. The van der Waals surface area contributed by atoms with Gasteiger partial charge in [-0.25, -0.2) is 0 Å². The van der Waals surface area contributed by atoms with Gasteiger partial charge >= 0.3 is 0 Å². The fraction of sp³-hybridized carbons (Fsp3) is 0.308. The Morgan fingerprint density at radius 2 is 2.28 bits per heavy atom. The minimum absolute atomic E-state index is 0.515. The SMILES string of the molecule is COc1ccc(Br)cc1C(O)Cc1cnn(C)c1. The first-order valence-corrected chi connectivity index (χ1v) is 6.38. The minimum atomic E-state index is -0.610. The summed E-state index contributed by atoms with van der Waals surface area (Å²) >= 11 is 3.40. The van der Waals surface area contributed by atoms with Crippen LogP contribution in [0.3, 0.4) is 0 Å². The molecule has 0 aliphatic heterocycles. The molecule has 0 fully saturated rings. The lowest BCUT2D eigenvalue weighted by Gasteiger charge is -2.14. The summed E-state index contributed by atoms with van der Waals surface area (Å²) in [5.74, 6) is 0.689. The number of ether oxygens (including phenoxy) is 1. The van der Waals surface area contributed by atoms with E-state index >= 15 is 0 Å². The molecule has 0 amide bonds. The molecule has 1 aromatic carbocycles. The maximum atomic E-state index is 10.3. The van der Waals surface area contributed by atoms with Gasteiger partial charge < -0.3 is 9.84 Å². The van der Waals surface area contributed by atoms with E-state index < -0.39 is 6.10 Å². The van der Waals surface area contributed by atoms with Crippen molar-refractivity contribution in [1.82, 2.24) is 9.78 Å². The largest absolute Gasteiger partial charge is 0.496 e. The molecule has 1 heterocycles. The average Bonchev–Trinajstić information content (AvgIpc) is 2.74. The summed E-state index contributed by atoms with van der Waals surface area (Å²) in [6.07, 6.45) is 3.56. The Hall–Kier alpha value is -1.33. The van der Waals surface area contributed by atoms with Crippen LogP contribution in [0.4, 0.5) is 0 Å². The normalized spacial score (nSPS) is 12.4. The van der Waals surface area contributed by atoms with E-state index in [1.54, 1.807) is 18.0 Å². The fourth-order valence-corrected chi connectivity index (χ4v) is 2.25. The molecule has 0 aliphatic carbocycles. The third kappa shape index (κ3) is 2.91. The molecule has 0 saturated heterocycles. The van der Waals surface area contributed by atoms with E-state index in [1.165, 1.54) is 0 Å². The summed E-state index contributed by atoms with van der Waals surface area (Å²) in [6, 6.07) is 5.60. The van der Waals surface area contributed by atoms with Crippen LogP contribution in [-0.4, -0.2) is 22.0 Å². The van der Waals surface area contributed by atoms with Crippen LogP contribution in [0.2, 0.25) is 0 Å². The number of aliphatic hydroxyl groups excluding tert-OH is 1. The highest BCUT2D eigenvalue weighted by Crippen LogP contribution is 2.30. The molecule has 1 unspecified atom stereocenters. The molecular formula is C13H15BrN2O2. The van der Waals surface area contributed by atoms with E-state index in [2.05, 4.69) is 21.0 Å². The van der Waals surface area contributed by atoms with Gasteiger partial charge in [0, 0.05) is 29.7 Å². The molecule has 0 aliphatic rings. The highest BCUT2D eigenvalue weighted by Gasteiger charge is 2.15. The van der Waals surface area contributed by atoms with Crippen molar-refractivity contribution in [3.63, 3.8) is 0 Å². The summed E-state index contributed by atoms with van der Waals surface area (Å²) < 4.78 is 7.91. The van der Waals surface area contributed by atoms with E-state index in [9.17, 15) is 5.11 Å². The second-order valence-electron chi connectivity index (χ2n) is 4.13. The standard InChI is InChI=1S/C13H15BrN2O2/c1-16-8-9(7-15-16)5-12(17)11-6-10(14)3-4-13(11)18-2/h3-4,6-8,12,17H,5H2,1-2H3. The molecule has 2 aromatic rings. The number of aryl methyl sites for hydroxylation is 1. The maximum absolute atomic E-state index is 10.3. The lowest BCUT2D eigenvalue weighted by Crippen LogP contribution is -2.03. The van der Waals surface area contributed by atoms with Crippen LogP contribution < -0.4 is 4.74 Å². The quantitative estimate of drug-likeness (QED) is 0.943. The first kappa shape index (κ1) is 13.1. The van der Waals surface area contributed by atoms with Gasteiger partial charge in [0.1, 0.15) is 5.75 Å². The number of rotatable bonds is 4. The molecule has 4 nitrogen and oxygen atoms in total. The molecule has 0 radical (unpaired) electrons. The molecule has 1 N–H and O–H groups in total. The van der Waals surface area contributed by atoms with Crippen molar-refractivity contribution in [1.29, 1.82) is 0 Å². The van der Waals surface area contributed by atoms with Gasteiger partial charge in [0.05, 0.1) is 19.4 Å². The molecule has 18 heavy (non-hydrogen) atoms. The molecule has 96 valence electrons. The van der Waals surface area contributed by atoms with Gasteiger partial charge in [-0.3, -0.25) is 4.68 Å². The lowest BCUT2D eigenvalue weighted by atomic mass is 10.0. The molecule has 1 aromatic heterocycles. The number of hydrogen-bond acceptors (Lipinski definition) is 3. The predicted octanol–water partition coefficient (Wildman–Crippen LogP) is 2.47. The summed E-state index contributed by atoms with van der Waals surface area (Å²) in [7, 11) is 3.46. The Balaban J connectivity index is 2.22. The number of aromatic nitrogens is 2. The Kier molecular flexibility index (Phi) is 4.04. The van der Waals surface area contributed by atoms with Gasteiger partial charge in [-0.05, 0) is 23.8 Å². The number of halogens is 1. The summed E-state index contributed by atoms with van der Waals surface area (Å²) in [5, 5.41) is 14.4.